The summed E-state index contributed by atoms with van der Waals surface area (Å²) in [6.07, 6.45) is 0. The van der Waals surface area contributed by atoms with Crippen molar-refractivity contribution < 1.29 is 9.21 Å². The smallest absolute Gasteiger partial charge is 0.289 e. The van der Waals surface area contributed by atoms with Crippen molar-refractivity contribution in [3.8, 4) is 0 Å². The van der Waals surface area contributed by atoms with Crippen molar-refractivity contribution in [3.05, 3.63) is 69.3 Å². The van der Waals surface area contributed by atoms with E-state index in [0.717, 1.165) is 6.54 Å². The number of amides is 1. The number of halogens is 1. The molecule has 1 aromatic carbocycles. The van der Waals surface area contributed by atoms with Gasteiger partial charge in [-0.3, -0.25) is 14.5 Å². The average molecular weight is 389 g/mol. The molecule has 0 aliphatic carbocycles. The molecule has 2 aliphatic heterocycles. The first kappa shape index (κ1) is 19.6. The Morgan fingerprint density at radius 2 is 1.85 bits per heavy atom. The Labute approximate surface area is 165 Å². The highest BCUT2D eigenvalue weighted by molar-refractivity contribution is 5.91. The largest absolute Gasteiger partial charge is 0.456 e. The molecule has 5 nitrogen and oxygen atoms in total. The minimum atomic E-state index is -0.186. The first-order valence-corrected chi connectivity index (χ1v) is 9.11. The van der Waals surface area contributed by atoms with Gasteiger partial charge in [-0.15, -0.1) is 12.4 Å². The van der Waals surface area contributed by atoms with Crippen LogP contribution in [0.4, 0.5) is 0 Å². The molecule has 0 saturated carbocycles. The first-order chi connectivity index (χ1) is 12.4. The lowest BCUT2D eigenvalue weighted by atomic mass is 9.88. The second kappa shape index (κ2) is 7.49. The number of hydrogen-bond donors (Lipinski definition) is 0. The van der Waals surface area contributed by atoms with E-state index in [4.69, 9.17) is 4.42 Å². The molecule has 6 heteroatoms. The van der Waals surface area contributed by atoms with E-state index >= 15 is 0 Å². The number of hydrogen-bond acceptors (Lipinski definition) is 4. The van der Waals surface area contributed by atoms with Crippen molar-refractivity contribution in [2.75, 3.05) is 26.7 Å². The summed E-state index contributed by atoms with van der Waals surface area (Å²) < 4.78 is 5.50. The number of fused-ring (bicyclic) bond motifs is 1. The van der Waals surface area contributed by atoms with E-state index in [1.807, 2.05) is 4.90 Å². The van der Waals surface area contributed by atoms with Crippen molar-refractivity contribution in [2.24, 2.45) is 11.8 Å². The second-order valence-electron chi connectivity index (χ2n) is 7.64. The van der Waals surface area contributed by atoms with Gasteiger partial charge in [0.05, 0.1) is 0 Å². The Morgan fingerprint density at radius 1 is 1.11 bits per heavy atom. The summed E-state index contributed by atoms with van der Waals surface area (Å²) in [4.78, 5) is 28.8. The lowest BCUT2D eigenvalue weighted by Gasteiger charge is -2.28. The molecule has 144 valence electrons. The van der Waals surface area contributed by atoms with Gasteiger partial charge < -0.3 is 9.32 Å². The molecule has 1 amide bonds. The maximum Gasteiger partial charge on any atom is 0.289 e. The van der Waals surface area contributed by atoms with Gasteiger partial charge in [-0.1, -0.05) is 24.3 Å². The van der Waals surface area contributed by atoms with Gasteiger partial charge in [0, 0.05) is 43.7 Å². The van der Waals surface area contributed by atoms with Crippen LogP contribution in [0, 0.1) is 25.7 Å². The fourth-order valence-electron chi connectivity index (χ4n) is 4.67. The molecule has 4 rings (SSSR count). The normalized spacial score (nSPS) is 24.6. The number of likely N-dealkylation sites (tertiary alicyclic amines) is 2. The molecule has 3 heterocycles. The van der Waals surface area contributed by atoms with Crippen molar-refractivity contribution in [3.63, 3.8) is 0 Å². The van der Waals surface area contributed by atoms with Crippen LogP contribution in [0.5, 0.6) is 0 Å². The molecule has 2 aromatic rings. The molecule has 0 unspecified atom stereocenters. The fourth-order valence-corrected chi connectivity index (χ4v) is 4.67. The first-order valence-electron chi connectivity index (χ1n) is 9.11. The molecule has 1 aromatic heterocycles. The molecule has 2 aliphatic rings. The number of carbonyl (C=O) groups excluding carboxylic acids is 1. The summed E-state index contributed by atoms with van der Waals surface area (Å²) in [6.45, 7) is 6.24. The topological polar surface area (TPSA) is 53.8 Å². The van der Waals surface area contributed by atoms with Crippen LogP contribution in [0.25, 0.3) is 0 Å². The summed E-state index contributed by atoms with van der Waals surface area (Å²) in [5, 5.41) is 0. The Balaban J connectivity index is 0.00000210. The Bertz CT molecular complexity index is 910. The number of benzene rings is 1. The van der Waals surface area contributed by atoms with Crippen LogP contribution in [0.2, 0.25) is 0 Å². The van der Waals surface area contributed by atoms with E-state index in [0.29, 0.717) is 36.7 Å². The lowest BCUT2D eigenvalue weighted by Crippen LogP contribution is -2.34. The average Bonchev–Trinajstić information content (AvgIpc) is 3.11. The number of nitrogens with zero attached hydrogens (tertiary/aromatic N) is 2. The number of carbonyl (C=O) groups is 1. The van der Waals surface area contributed by atoms with Crippen molar-refractivity contribution in [1.82, 2.24) is 9.80 Å². The highest BCUT2D eigenvalue weighted by Crippen LogP contribution is 2.45. The van der Waals surface area contributed by atoms with E-state index < -0.39 is 0 Å². The molecule has 2 saturated heterocycles. The maximum atomic E-state index is 12.9. The Kier molecular flexibility index (Phi) is 5.45. The minimum Gasteiger partial charge on any atom is -0.456 e. The van der Waals surface area contributed by atoms with Gasteiger partial charge in [-0.2, -0.15) is 0 Å². The SMILES string of the molecule is Cc1cc(=O)cc(C(=O)N2C[C@@H]3CN(C)[C@@H](c4ccccc4C)[C@@H]3C2)o1.Cl. The van der Waals surface area contributed by atoms with E-state index in [2.05, 4.69) is 43.1 Å². The van der Waals surface area contributed by atoms with Crippen LogP contribution in [0.15, 0.2) is 45.6 Å². The molecule has 0 spiro atoms. The van der Waals surface area contributed by atoms with Crippen LogP contribution in [0.1, 0.15) is 33.5 Å². The zero-order valence-corrected chi connectivity index (χ0v) is 16.7. The molecule has 27 heavy (non-hydrogen) atoms. The van der Waals surface area contributed by atoms with E-state index in [1.165, 1.54) is 23.3 Å². The van der Waals surface area contributed by atoms with Gasteiger partial charge in [0.15, 0.2) is 11.2 Å². The molecular formula is C21H25ClN2O3. The summed E-state index contributed by atoms with van der Waals surface area (Å²) in [6, 6.07) is 11.5. The van der Waals surface area contributed by atoms with E-state index in [1.54, 1.807) is 6.92 Å². The van der Waals surface area contributed by atoms with Crippen molar-refractivity contribution >= 4 is 18.3 Å². The van der Waals surface area contributed by atoms with Crippen LogP contribution >= 0.6 is 12.4 Å². The standard InChI is InChI=1S/C21H24N2O3.ClH/c1-13-6-4-5-7-17(13)20-18-12-23(11-15(18)10-22(20)3)21(25)19-9-16(24)8-14(2)26-19;/h4-9,15,18,20H,10-12H2,1-3H3;1H/t15-,18+,20-;/m0./s1. The molecule has 0 bridgehead atoms. The van der Waals surface area contributed by atoms with Crippen LogP contribution in [-0.2, 0) is 0 Å². The number of aryl methyl sites for hydroxylation is 2. The second-order valence-corrected chi connectivity index (χ2v) is 7.64. The van der Waals surface area contributed by atoms with Gasteiger partial charge in [0.1, 0.15) is 5.76 Å². The Morgan fingerprint density at radius 3 is 2.56 bits per heavy atom. The van der Waals surface area contributed by atoms with Gasteiger partial charge in [-0.05, 0) is 37.9 Å². The molecule has 0 radical (unpaired) electrons. The minimum absolute atomic E-state index is 0. The third-order valence-corrected chi connectivity index (χ3v) is 5.79. The van der Waals surface area contributed by atoms with Crippen LogP contribution < -0.4 is 5.43 Å². The maximum absolute atomic E-state index is 12.9. The van der Waals surface area contributed by atoms with Gasteiger partial charge in [0.25, 0.3) is 5.91 Å². The molecular weight excluding hydrogens is 364 g/mol. The monoisotopic (exact) mass is 388 g/mol. The quantitative estimate of drug-likeness (QED) is 0.793. The van der Waals surface area contributed by atoms with E-state index in [-0.39, 0.29) is 29.5 Å². The summed E-state index contributed by atoms with van der Waals surface area (Å²) in [5.41, 5.74) is 2.45. The molecule has 3 atom stereocenters. The highest BCUT2D eigenvalue weighted by Gasteiger charge is 2.47. The molecule has 0 N–H and O–H groups in total. The zero-order chi connectivity index (χ0) is 18.4. The molecule has 2 fully saturated rings. The summed E-state index contributed by atoms with van der Waals surface area (Å²) in [5.74, 6) is 1.30. The van der Waals surface area contributed by atoms with Crippen LogP contribution in [0.3, 0.4) is 0 Å². The van der Waals surface area contributed by atoms with Crippen LogP contribution in [-0.4, -0.2) is 42.4 Å². The zero-order valence-electron chi connectivity index (χ0n) is 15.8. The third-order valence-electron chi connectivity index (χ3n) is 5.79. The predicted octanol–water partition coefficient (Wildman–Crippen LogP) is 3.05. The summed E-state index contributed by atoms with van der Waals surface area (Å²) >= 11 is 0. The van der Waals surface area contributed by atoms with E-state index in [9.17, 15) is 9.59 Å². The number of rotatable bonds is 2. The van der Waals surface area contributed by atoms with Crippen molar-refractivity contribution in [2.45, 2.75) is 19.9 Å². The lowest BCUT2D eigenvalue weighted by molar-refractivity contribution is 0.0731. The predicted molar refractivity (Wildman–Crippen MR) is 106 cm³/mol. The third kappa shape index (κ3) is 3.54. The van der Waals surface area contributed by atoms with Gasteiger partial charge in [-0.25, -0.2) is 0 Å². The fraction of sp³-hybridized carbons (Fsp3) is 0.429. The highest BCUT2D eigenvalue weighted by atomic mass is 35.5. The summed E-state index contributed by atoms with van der Waals surface area (Å²) in [7, 11) is 2.17. The van der Waals surface area contributed by atoms with Gasteiger partial charge in [0.2, 0.25) is 0 Å². The Hall–Kier alpha value is -2.11. The van der Waals surface area contributed by atoms with Crippen molar-refractivity contribution in [1.29, 1.82) is 0 Å². The van der Waals surface area contributed by atoms with Gasteiger partial charge >= 0.3 is 0 Å².